The molecule has 1 heterocycles. The van der Waals surface area contributed by atoms with E-state index in [9.17, 15) is 4.79 Å². The number of hydrogen-bond donors (Lipinski definition) is 1. The highest BCUT2D eigenvalue weighted by molar-refractivity contribution is 5.68. The smallest absolute Gasteiger partial charge is 0.410 e. The van der Waals surface area contributed by atoms with Crippen molar-refractivity contribution in [3.8, 4) is 0 Å². The van der Waals surface area contributed by atoms with Crippen LogP contribution in [0.4, 0.5) is 4.79 Å². The molecule has 21 heavy (non-hydrogen) atoms. The average Bonchev–Trinajstić information content (AvgIpc) is 3.03. The summed E-state index contributed by atoms with van der Waals surface area (Å²) in [4.78, 5) is 13.9. The largest absolute Gasteiger partial charge is 0.444 e. The third-order valence-corrected chi connectivity index (χ3v) is 4.36. The van der Waals surface area contributed by atoms with E-state index in [1.807, 2.05) is 20.8 Å². The maximum absolute atomic E-state index is 12.1. The van der Waals surface area contributed by atoms with E-state index in [1.54, 1.807) is 12.0 Å². The summed E-state index contributed by atoms with van der Waals surface area (Å²) >= 11 is 0. The monoisotopic (exact) mass is 298 g/mol. The van der Waals surface area contributed by atoms with Gasteiger partial charge in [-0.25, -0.2) is 4.79 Å². The van der Waals surface area contributed by atoms with Gasteiger partial charge in [0.25, 0.3) is 0 Å². The first-order chi connectivity index (χ1) is 9.89. The zero-order valence-corrected chi connectivity index (χ0v) is 13.9. The number of likely N-dealkylation sites (tertiary alicyclic amines) is 1. The molecule has 5 heteroatoms. The fourth-order valence-electron chi connectivity index (χ4n) is 3.22. The first-order valence-corrected chi connectivity index (χ1v) is 8.13. The number of amides is 1. The van der Waals surface area contributed by atoms with Gasteiger partial charge in [-0.05, 0) is 46.1 Å². The second kappa shape index (κ2) is 6.97. The fraction of sp³-hybridized carbons (Fsp3) is 0.938. The standard InChI is InChI=1S/C16H30N2O3/c1-16(2,3)21-15(19)18-10-13(14(11-18)20-4)17-9-12-7-5-6-8-12/h12-14,17H,5-11H2,1-4H3/t13?,14-/m0/s1. The van der Waals surface area contributed by atoms with Crippen molar-refractivity contribution in [1.29, 1.82) is 0 Å². The van der Waals surface area contributed by atoms with Crippen LogP contribution in [0.15, 0.2) is 0 Å². The number of rotatable bonds is 4. The first kappa shape index (κ1) is 16.6. The number of methoxy groups -OCH3 is 1. The molecule has 0 bridgehead atoms. The molecule has 2 atom stereocenters. The van der Waals surface area contributed by atoms with E-state index >= 15 is 0 Å². The Kier molecular flexibility index (Phi) is 5.49. The molecular weight excluding hydrogens is 268 g/mol. The minimum Gasteiger partial charge on any atom is -0.444 e. The van der Waals surface area contributed by atoms with Crippen molar-refractivity contribution >= 4 is 6.09 Å². The first-order valence-electron chi connectivity index (χ1n) is 8.13. The van der Waals surface area contributed by atoms with Crippen LogP contribution in [0, 0.1) is 5.92 Å². The highest BCUT2D eigenvalue weighted by Gasteiger charge is 2.37. The molecule has 0 radical (unpaired) electrons. The third kappa shape index (κ3) is 4.85. The van der Waals surface area contributed by atoms with Gasteiger partial charge < -0.3 is 19.7 Å². The summed E-state index contributed by atoms with van der Waals surface area (Å²) < 4.78 is 11.0. The Hall–Kier alpha value is -0.810. The van der Waals surface area contributed by atoms with Crippen molar-refractivity contribution in [2.45, 2.75) is 64.2 Å². The minimum atomic E-state index is -0.449. The highest BCUT2D eigenvalue weighted by Crippen LogP contribution is 2.24. The number of nitrogens with one attached hydrogen (secondary N) is 1. The van der Waals surface area contributed by atoms with Gasteiger partial charge >= 0.3 is 6.09 Å². The average molecular weight is 298 g/mol. The molecule has 1 aliphatic heterocycles. The van der Waals surface area contributed by atoms with Crippen LogP contribution in [-0.2, 0) is 9.47 Å². The molecule has 2 rings (SSSR count). The Labute approximate surface area is 128 Å². The SMILES string of the molecule is CO[C@H]1CN(C(=O)OC(C)(C)C)CC1NCC1CCCC1. The van der Waals surface area contributed by atoms with Crippen molar-refractivity contribution in [2.24, 2.45) is 5.92 Å². The second-order valence-corrected chi connectivity index (χ2v) is 7.32. The second-order valence-electron chi connectivity index (χ2n) is 7.32. The Balaban J connectivity index is 1.83. The van der Waals surface area contributed by atoms with E-state index in [2.05, 4.69) is 5.32 Å². The quantitative estimate of drug-likeness (QED) is 0.866. The summed E-state index contributed by atoms with van der Waals surface area (Å²) in [5, 5.41) is 3.60. The van der Waals surface area contributed by atoms with Crippen LogP contribution in [0.2, 0.25) is 0 Å². The predicted octanol–water partition coefficient (Wildman–Crippen LogP) is 2.40. The molecule has 122 valence electrons. The number of hydrogen-bond acceptors (Lipinski definition) is 4. The number of nitrogens with zero attached hydrogens (tertiary/aromatic N) is 1. The lowest BCUT2D eigenvalue weighted by atomic mass is 10.1. The van der Waals surface area contributed by atoms with E-state index in [0.29, 0.717) is 13.1 Å². The molecule has 1 amide bonds. The number of carbonyl (C=O) groups excluding carboxylic acids is 1. The fourth-order valence-corrected chi connectivity index (χ4v) is 3.22. The topological polar surface area (TPSA) is 50.8 Å². The molecule has 1 saturated heterocycles. The van der Waals surface area contributed by atoms with Crippen molar-refractivity contribution < 1.29 is 14.3 Å². The van der Waals surface area contributed by atoms with Gasteiger partial charge in [0.15, 0.2) is 0 Å². The highest BCUT2D eigenvalue weighted by atomic mass is 16.6. The summed E-state index contributed by atoms with van der Waals surface area (Å²) in [7, 11) is 1.72. The molecule has 0 aromatic carbocycles. The predicted molar refractivity (Wildman–Crippen MR) is 82.4 cm³/mol. The molecule has 2 aliphatic rings. The lowest BCUT2D eigenvalue weighted by Crippen LogP contribution is -2.42. The maximum atomic E-state index is 12.1. The van der Waals surface area contributed by atoms with Gasteiger partial charge in [0.05, 0.1) is 18.7 Å². The van der Waals surface area contributed by atoms with Gasteiger partial charge in [-0.2, -0.15) is 0 Å². The lowest BCUT2D eigenvalue weighted by Gasteiger charge is -2.24. The molecule has 1 saturated carbocycles. The lowest BCUT2D eigenvalue weighted by molar-refractivity contribution is 0.0252. The summed E-state index contributed by atoms with van der Waals surface area (Å²) in [6, 6.07) is 0.211. The Morgan fingerprint density at radius 2 is 1.90 bits per heavy atom. The molecule has 1 N–H and O–H groups in total. The Morgan fingerprint density at radius 3 is 2.48 bits per heavy atom. The summed E-state index contributed by atoms with van der Waals surface area (Å²) in [5.41, 5.74) is -0.449. The van der Waals surface area contributed by atoms with Gasteiger partial charge in [0.1, 0.15) is 5.60 Å². The minimum absolute atomic E-state index is 0.0546. The van der Waals surface area contributed by atoms with Crippen molar-refractivity contribution in [3.63, 3.8) is 0 Å². The van der Waals surface area contributed by atoms with Crippen LogP contribution < -0.4 is 5.32 Å². The van der Waals surface area contributed by atoms with E-state index in [0.717, 1.165) is 12.5 Å². The normalized spacial score (nSPS) is 27.3. The van der Waals surface area contributed by atoms with E-state index < -0.39 is 5.60 Å². The third-order valence-electron chi connectivity index (χ3n) is 4.36. The summed E-state index contributed by atoms with van der Waals surface area (Å²) in [6.45, 7) is 7.99. The molecular formula is C16H30N2O3. The van der Waals surface area contributed by atoms with E-state index in [1.165, 1.54) is 25.7 Å². The molecule has 1 unspecified atom stereocenters. The molecule has 5 nitrogen and oxygen atoms in total. The molecule has 0 spiro atoms. The van der Waals surface area contributed by atoms with Gasteiger partial charge in [-0.1, -0.05) is 12.8 Å². The van der Waals surface area contributed by atoms with Crippen LogP contribution in [0.1, 0.15) is 46.5 Å². The van der Waals surface area contributed by atoms with Gasteiger partial charge in [0.2, 0.25) is 0 Å². The number of carbonyl (C=O) groups is 1. The summed E-state index contributed by atoms with van der Waals surface area (Å²) in [5.74, 6) is 0.790. The van der Waals surface area contributed by atoms with Gasteiger partial charge in [-0.3, -0.25) is 0 Å². The zero-order valence-electron chi connectivity index (χ0n) is 13.9. The molecule has 2 fully saturated rings. The van der Waals surface area contributed by atoms with Crippen molar-refractivity contribution in [3.05, 3.63) is 0 Å². The molecule has 0 aromatic heterocycles. The van der Waals surface area contributed by atoms with Crippen molar-refractivity contribution in [2.75, 3.05) is 26.7 Å². The van der Waals surface area contributed by atoms with Gasteiger partial charge in [-0.15, -0.1) is 0 Å². The summed E-state index contributed by atoms with van der Waals surface area (Å²) in [6.07, 6.45) is 5.18. The van der Waals surface area contributed by atoms with Crippen LogP contribution in [0.25, 0.3) is 0 Å². The number of ether oxygens (including phenoxy) is 2. The van der Waals surface area contributed by atoms with Crippen molar-refractivity contribution in [1.82, 2.24) is 10.2 Å². The van der Waals surface area contributed by atoms with Crippen LogP contribution in [0.3, 0.4) is 0 Å². The van der Waals surface area contributed by atoms with E-state index in [4.69, 9.17) is 9.47 Å². The van der Waals surface area contributed by atoms with Crippen LogP contribution in [-0.4, -0.2) is 55.5 Å². The molecule has 1 aliphatic carbocycles. The zero-order chi connectivity index (χ0) is 15.5. The van der Waals surface area contributed by atoms with Crippen LogP contribution in [0.5, 0.6) is 0 Å². The van der Waals surface area contributed by atoms with E-state index in [-0.39, 0.29) is 18.2 Å². The Bertz CT molecular complexity index is 348. The molecule has 0 aromatic rings. The van der Waals surface area contributed by atoms with Gasteiger partial charge in [0, 0.05) is 13.7 Å². The van der Waals surface area contributed by atoms with Crippen LogP contribution >= 0.6 is 0 Å². The maximum Gasteiger partial charge on any atom is 0.410 e. The Morgan fingerprint density at radius 1 is 1.24 bits per heavy atom.